The maximum absolute atomic E-state index is 13.9. The van der Waals surface area contributed by atoms with Gasteiger partial charge in [0.1, 0.15) is 17.3 Å². The third-order valence-electron chi connectivity index (χ3n) is 6.58. The predicted molar refractivity (Wildman–Crippen MR) is 161 cm³/mol. The lowest BCUT2D eigenvalue weighted by Gasteiger charge is -2.25. The molecule has 0 aliphatic carbocycles. The number of hydrogen-bond donors (Lipinski definition) is 0. The molecule has 0 fully saturated rings. The van der Waals surface area contributed by atoms with Crippen LogP contribution in [0.4, 0.5) is 5.69 Å². The van der Waals surface area contributed by atoms with Gasteiger partial charge in [0.2, 0.25) is 0 Å². The van der Waals surface area contributed by atoms with E-state index in [-0.39, 0.29) is 23.1 Å². The number of allylic oxidation sites excluding steroid dienone is 1. The van der Waals surface area contributed by atoms with Crippen molar-refractivity contribution < 1.29 is 23.6 Å². The van der Waals surface area contributed by atoms with E-state index in [4.69, 9.17) is 13.9 Å². The van der Waals surface area contributed by atoms with E-state index < -0.39 is 16.9 Å². The molecule has 0 saturated carbocycles. The lowest BCUT2D eigenvalue weighted by atomic mass is 9.96. The number of aromatic nitrogens is 1. The van der Waals surface area contributed by atoms with Gasteiger partial charge in [0.15, 0.2) is 4.80 Å². The van der Waals surface area contributed by atoms with Gasteiger partial charge in [-0.05, 0) is 62.9 Å². The Morgan fingerprint density at radius 3 is 2.57 bits per heavy atom. The van der Waals surface area contributed by atoms with Gasteiger partial charge in [0, 0.05) is 17.0 Å². The molecular formula is C30H27N3O7S2. The van der Waals surface area contributed by atoms with Crippen molar-refractivity contribution in [3.05, 3.63) is 107 Å². The molecule has 2 aromatic heterocycles. The van der Waals surface area contributed by atoms with Gasteiger partial charge in [-0.25, -0.2) is 9.79 Å². The Hall–Kier alpha value is -4.42. The fourth-order valence-corrected chi connectivity index (χ4v) is 6.10. The van der Waals surface area contributed by atoms with E-state index in [0.29, 0.717) is 37.7 Å². The summed E-state index contributed by atoms with van der Waals surface area (Å²) >= 11 is 2.79. The number of thioether (sulfide) groups is 1. The predicted octanol–water partition coefficient (Wildman–Crippen LogP) is 5.09. The van der Waals surface area contributed by atoms with Crippen LogP contribution in [-0.2, 0) is 9.53 Å². The van der Waals surface area contributed by atoms with Gasteiger partial charge < -0.3 is 13.9 Å². The molecule has 0 spiro atoms. The number of thiazole rings is 1. The van der Waals surface area contributed by atoms with E-state index in [1.54, 1.807) is 56.8 Å². The minimum absolute atomic E-state index is 0.104. The number of carbonyl (C=O) groups excluding carboxylic acids is 1. The number of benzene rings is 2. The first-order chi connectivity index (χ1) is 20.1. The Morgan fingerprint density at radius 1 is 1.19 bits per heavy atom. The number of nitro benzene ring substituents is 1. The van der Waals surface area contributed by atoms with E-state index in [1.807, 2.05) is 30.5 Å². The van der Waals surface area contributed by atoms with E-state index in [0.717, 1.165) is 10.5 Å². The molecule has 0 amide bonds. The second kappa shape index (κ2) is 11.8. The van der Waals surface area contributed by atoms with E-state index >= 15 is 0 Å². The number of nitrogens with zero attached hydrogens (tertiary/aromatic N) is 3. The highest BCUT2D eigenvalue weighted by molar-refractivity contribution is 7.98. The van der Waals surface area contributed by atoms with Crippen LogP contribution in [0, 0.1) is 10.1 Å². The summed E-state index contributed by atoms with van der Waals surface area (Å²) < 4.78 is 18.8. The van der Waals surface area contributed by atoms with Crippen molar-refractivity contribution in [2.45, 2.75) is 37.8 Å². The summed E-state index contributed by atoms with van der Waals surface area (Å²) in [7, 11) is 1.42. The van der Waals surface area contributed by atoms with Crippen LogP contribution in [-0.4, -0.2) is 34.9 Å². The summed E-state index contributed by atoms with van der Waals surface area (Å²) in [4.78, 5) is 43.9. The first-order valence-electron chi connectivity index (χ1n) is 12.9. The molecular weight excluding hydrogens is 578 g/mol. The minimum Gasteiger partial charge on any atom is -0.496 e. The molecule has 5 rings (SSSR count). The highest BCUT2D eigenvalue weighted by atomic mass is 32.2. The maximum atomic E-state index is 13.9. The third kappa shape index (κ3) is 5.55. The summed E-state index contributed by atoms with van der Waals surface area (Å²) in [5.74, 6) is 0.578. The van der Waals surface area contributed by atoms with Crippen LogP contribution in [0.1, 0.15) is 38.1 Å². The molecule has 216 valence electrons. The fourth-order valence-electron chi connectivity index (χ4n) is 4.66. The SMILES string of the molecule is COc1cc([N+](=O)[O-])ccc1-c1ccc(/C=c2\sc3n(c2=O)[C@H](c2ccc(SC)cc2)C(C(=O)OC(C)C)=C(C)N=3)o1. The van der Waals surface area contributed by atoms with Gasteiger partial charge >= 0.3 is 5.97 Å². The smallest absolute Gasteiger partial charge is 0.338 e. The van der Waals surface area contributed by atoms with Gasteiger partial charge in [-0.3, -0.25) is 19.5 Å². The monoisotopic (exact) mass is 605 g/mol. The molecule has 3 heterocycles. The zero-order valence-electron chi connectivity index (χ0n) is 23.4. The largest absolute Gasteiger partial charge is 0.496 e. The summed E-state index contributed by atoms with van der Waals surface area (Å²) in [5.41, 5.74) is 1.65. The van der Waals surface area contributed by atoms with E-state index in [9.17, 15) is 19.7 Å². The van der Waals surface area contributed by atoms with Crippen LogP contribution in [0.5, 0.6) is 5.75 Å². The van der Waals surface area contributed by atoms with E-state index in [2.05, 4.69) is 4.99 Å². The van der Waals surface area contributed by atoms with Crippen molar-refractivity contribution in [2.24, 2.45) is 4.99 Å². The topological polar surface area (TPSA) is 126 Å². The number of fused-ring (bicyclic) bond motifs is 1. The summed E-state index contributed by atoms with van der Waals surface area (Å²) in [6, 6.07) is 14.6. The summed E-state index contributed by atoms with van der Waals surface area (Å²) in [6.07, 6.45) is 3.25. The van der Waals surface area contributed by atoms with Gasteiger partial charge in [0.25, 0.3) is 11.2 Å². The Bertz CT molecular complexity index is 1900. The molecule has 0 radical (unpaired) electrons. The van der Waals surface area contributed by atoms with Crippen molar-refractivity contribution in [2.75, 3.05) is 13.4 Å². The zero-order chi connectivity index (χ0) is 30.1. The highest BCUT2D eigenvalue weighted by Crippen LogP contribution is 2.35. The Kier molecular flexibility index (Phi) is 8.19. The number of nitro groups is 1. The van der Waals surface area contributed by atoms with Crippen molar-refractivity contribution in [3.8, 4) is 17.1 Å². The number of carbonyl (C=O) groups is 1. The average molecular weight is 606 g/mol. The van der Waals surface area contributed by atoms with Crippen LogP contribution in [0.25, 0.3) is 17.4 Å². The van der Waals surface area contributed by atoms with Crippen molar-refractivity contribution >= 4 is 40.8 Å². The van der Waals surface area contributed by atoms with E-state index in [1.165, 1.54) is 35.1 Å². The normalized spacial score (nSPS) is 15.0. The molecule has 10 nitrogen and oxygen atoms in total. The van der Waals surface area contributed by atoms with Crippen LogP contribution >= 0.6 is 23.1 Å². The molecule has 4 aromatic rings. The Labute approximate surface area is 248 Å². The highest BCUT2D eigenvalue weighted by Gasteiger charge is 2.33. The molecule has 0 saturated heterocycles. The fraction of sp³-hybridized carbons (Fsp3) is 0.233. The second-order valence-corrected chi connectivity index (χ2v) is 11.5. The molecule has 0 bridgehead atoms. The molecule has 1 aliphatic rings. The van der Waals surface area contributed by atoms with Crippen molar-refractivity contribution in [1.29, 1.82) is 0 Å². The van der Waals surface area contributed by atoms with Crippen LogP contribution in [0.2, 0.25) is 0 Å². The van der Waals surface area contributed by atoms with Crippen LogP contribution in [0.3, 0.4) is 0 Å². The molecule has 1 aliphatic heterocycles. The number of hydrogen-bond acceptors (Lipinski definition) is 10. The van der Waals surface area contributed by atoms with Crippen LogP contribution in [0.15, 0.2) is 85.0 Å². The maximum Gasteiger partial charge on any atom is 0.338 e. The van der Waals surface area contributed by atoms with Gasteiger partial charge in [-0.1, -0.05) is 23.5 Å². The summed E-state index contributed by atoms with van der Waals surface area (Å²) in [6.45, 7) is 5.29. The third-order valence-corrected chi connectivity index (χ3v) is 8.30. The first-order valence-corrected chi connectivity index (χ1v) is 15.0. The van der Waals surface area contributed by atoms with Crippen molar-refractivity contribution in [3.63, 3.8) is 0 Å². The van der Waals surface area contributed by atoms with Gasteiger partial charge in [0.05, 0.1) is 51.6 Å². The number of methoxy groups -OCH3 is 1. The number of furan rings is 1. The zero-order valence-corrected chi connectivity index (χ0v) is 25.1. The van der Waals surface area contributed by atoms with Crippen molar-refractivity contribution in [1.82, 2.24) is 4.57 Å². The molecule has 0 N–H and O–H groups in total. The van der Waals surface area contributed by atoms with Crippen LogP contribution < -0.4 is 19.6 Å². The lowest BCUT2D eigenvalue weighted by molar-refractivity contribution is -0.384. The summed E-state index contributed by atoms with van der Waals surface area (Å²) in [5, 5.41) is 11.2. The molecule has 0 unspecified atom stereocenters. The average Bonchev–Trinajstić information content (AvgIpc) is 3.55. The quantitative estimate of drug-likeness (QED) is 0.118. The molecule has 42 heavy (non-hydrogen) atoms. The first kappa shape index (κ1) is 29.1. The standard InChI is InChI=1S/C30H27N3O7S2/c1-16(2)39-29(35)26-17(3)31-30-32(27(26)18-6-10-21(41-5)11-7-18)28(34)25(42-30)15-20-9-13-23(40-20)22-12-8-19(33(36)37)14-24(22)38-4/h6-16,27H,1-5H3/b25-15-/t27-/m1/s1. The second-order valence-electron chi connectivity index (χ2n) is 9.65. The van der Waals surface area contributed by atoms with Gasteiger partial charge in [-0.2, -0.15) is 0 Å². The molecule has 2 aromatic carbocycles. The Morgan fingerprint density at radius 2 is 1.93 bits per heavy atom. The molecule has 1 atom stereocenters. The van der Waals surface area contributed by atoms with Gasteiger partial charge in [-0.15, -0.1) is 11.8 Å². The molecule has 12 heteroatoms. The number of non-ortho nitro benzene ring substituents is 1. The minimum atomic E-state index is -0.720. The number of ether oxygens (including phenoxy) is 2. The Balaban J connectivity index is 1.61. The number of rotatable bonds is 8. The lowest BCUT2D eigenvalue weighted by Crippen LogP contribution is -2.40. The number of esters is 1.